The summed E-state index contributed by atoms with van der Waals surface area (Å²) in [6.45, 7) is 5.61. The molecule has 124 valence electrons. The number of nitrogens with zero attached hydrogens (tertiary/aromatic N) is 1. The van der Waals surface area contributed by atoms with Crippen LogP contribution >= 0.6 is 0 Å². The molecule has 0 spiro atoms. The standard InChI is InChI=1S/C23H21NO/c1-18(17-19(2)25)20-13-15-23(16-14-20)24(21-9-5-3-6-10-21)22-11-7-4-8-12-22/h3-16H,1,17H2,2H3. The van der Waals surface area contributed by atoms with Gasteiger partial charge in [0.15, 0.2) is 0 Å². The van der Waals surface area contributed by atoms with E-state index in [0.717, 1.165) is 28.2 Å². The minimum Gasteiger partial charge on any atom is -0.311 e. The Labute approximate surface area is 149 Å². The molecule has 2 heteroatoms. The van der Waals surface area contributed by atoms with Gasteiger partial charge in [-0.25, -0.2) is 0 Å². The molecule has 0 heterocycles. The first kappa shape index (κ1) is 16.7. The lowest BCUT2D eigenvalue weighted by Crippen LogP contribution is -2.09. The number of hydrogen-bond donors (Lipinski definition) is 0. The van der Waals surface area contributed by atoms with Crippen molar-refractivity contribution in [1.82, 2.24) is 0 Å². The molecule has 0 saturated carbocycles. The van der Waals surface area contributed by atoms with E-state index in [1.165, 1.54) is 0 Å². The molecule has 0 aliphatic heterocycles. The van der Waals surface area contributed by atoms with Crippen LogP contribution in [0.1, 0.15) is 18.9 Å². The molecule has 0 N–H and O–H groups in total. The fourth-order valence-electron chi connectivity index (χ4n) is 2.85. The molecule has 0 unspecified atom stereocenters. The monoisotopic (exact) mass is 327 g/mol. The molecule has 3 aromatic rings. The number of benzene rings is 3. The van der Waals surface area contributed by atoms with Gasteiger partial charge in [0.25, 0.3) is 0 Å². The van der Waals surface area contributed by atoms with E-state index in [4.69, 9.17) is 0 Å². The van der Waals surface area contributed by atoms with Crippen molar-refractivity contribution in [2.75, 3.05) is 4.90 Å². The summed E-state index contributed by atoms with van der Waals surface area (Å²) in [5, 5.41) is 0. The van der Waals surface area contributed by atoms with Gasteiger partial charge in [0.05, 0.1) is 0 Å². The Hall–Kier alpha value is -3.13. The summed E-state index contributed by atoms with van der Waals surface area (Å²) >= 11 is 0. The molecule has 3 aromatic carbocycles. The van der Waals surface area contributed by atoms with Gasteiger partial charge in [0.2, 0.25) is 0 Å². The number of ketones is 1. The molecule has 2 nitrogen and oxygen atoms in total. The molecule has 0 aromatic heterocycles. The van der Waals surface area contributed by atoms with Gasteiger partial charge in [-0.3, -0.25) is 4.79 Å². The lowest BCUT2D eigenvalue weighted by atomic mass is 10.0. The average Bonchev–Trinajstić information content (AvgIpc) is 2.64. The third kappa shape index (κ3) is 4.04. The number of hydrogen-bond acceptors (Lipinski definition) is 2. The zero-order valence-corrected chi connectivity index (χ0v) is 14.4. The third-order valence-corrected chi connectivity index (χ3v) is 4.02. The Morgan fingerprint density at radius 2 is 1.20 bits per heavy atom. The van der Waals surface area contributed by atoms with Crippen LogP contribution in [0.5, 0.6) is 0 Å². The molecule has 0 bridgehead atoms. The minimum absolute atomic E-state index is 0.129. The van der Waals surface area contributed by atoms with Crippen molar-refractivity contribution < 1.29 is 4.79 Å². The fourth-order valence-corrected chi connectivity index (χ4v) is 2.85. The van der Waals surface area contributed by atoms with Crippen LogP contribution in [-0.2, 0) is 4.79 Å². The van der Waals surface area contributed by atoms with Crippen LogP contribution in [0, 0.1) is 0 Å². The smallest absolute Gasteiger partial charge is 0.134 e. The van der Waals surface area contributed by atoms with Crippen LogP contribution in [0.3, 0.4) is 0 Å². The van der Waals surface area contributed by atoms with Gasteiger partial charge in [-0.2, -0.15) is 0 Å². The number of anilines is 3. The van der Waals surface area contributed by atoms with Crippen molar-refractivity contribution in [2.24, 2.45) is 0 Å². The van der Waals surface area contributed by atoms with E-state index in [1.54, 1.807) is 6.92 Å². The van der Waals surface area contributed by atoms with Crippen LogP contribution in [0.25, 0.3) is 5.57 Å². The molecule has 0 fully saturated rings. The van der Waals surface area contributed by atoms with Crippen LogP contribution < -0.4 is 4.90 Å². The van der Waals surface area contributed by atoms with E-state index >= 15 is 0 Å². The highest BCUT2D eigenvalue weighted by atomic mass is 16.1. The summed E-state index contributed by atoms with van der Waals surface area (Å²) in [4.78, 5) is 13.5. The molecule has 0 aliphatic rings. The van der Waals surface area contributed by atoms with Crippen LogP contribution in [0.2, 0.25) is 0 Å². The van der Waals surface area contributed by atoms with Crippen molar-refractivity contribution in [1.29, 1.82) is 0 Å². The number of Topliss-reactive ketones (excluding diaryl/α,β-unsaturated/α-hetero) is 1. The van der Waals surface area contributed by atoms with Crippen LogP contribution in [-0.4, -0.2) is 5.78 Å². The Bertz CT molecular complexity index is 812. The maximum atomic E-state index is 11.3. The molecular formula is C23H21NO. The molecule has 0 radical (unpaired) electrons. The Morgan fingerprint density at radius 3 is 1.64 bits per heavy atom. The first-order valence-electron chi connectivity index (χ1n) is 8.33. The van der Waals surface area contributed by atoms with Gasteiger partial charge >= 0.3 is 0 Å². The second-order valence-corrected chi connectivity index (χ2v) is 6.04. The van der Waals surface area contributed by atoms with E-state index in [2.05, 4.69) is 47.9 Å². The van der Waals surface area contributed by atoms with Gasteiger partial charge in [-0.05, 0) is 54.5 Å². The normalized spacial score (nSPS) is 10.3. The van der Waals surface area contributed by atoms with Crippen molar-refractivity contribution in [3.8, 4) is 0 Å². The maximum absolute atomic E-state index is 11.3. The number of carbonyl (C=O) groups excluding carboxylic acids is 1. The maximum Gasteiger partial charge on any atom is 0.134 e. The van der Waals surface area contributed by atoms with Crippen molar-refractivity contribution in [2.45, 2.75) is 13.3 Å². The Kier molecular flexibility index (Phi) is 5.10. The molecular weight excluding hydrogens is 306 g/mol. The van der Waals surface area contributed by atoms with Gasteiger partial charge in [0, 0.05) is 23.5 Å². The molecule has 25 heavy (non-hydrogen) atoms. The first-order valence-corrected chi connectivity index (χ1v) is 8.33. The van der Waals surface area contributed by atoms with E-state index in [-0.39, 0.29) is 5.78 Å². The van der Waals surface area contributed by atoms with Gasteiger partial charge in [-0.15, -0.1) is 0 Å². The zero-order valence-electron chi connectivity index (χ0n) is 14.4. The molecule has 0 saturated heterocycles. The number of rotatable bonds is 6. The largest absolute Gasteiger partial charge is 0.311 e. The number of carbonyl (C=O) groups is 1. The topological polar surface area (TPSA) is 20.3 Å². The van der Waals surface area contributed by atoms with Crippen molar-refractivity contribution in [3.63, 3.8) is 0 Å². The predicted molar refractivity (Wildman–Crippen MR) is 105 cm³/mol. The summed E-state index contributed by atoms with van der Waals surface area (Å²) in [6, 6.07) is 28.7. The summed E-state index contributed by atoms with van der Waals surface area (Å²) in [5.41, 5.74) is 5.12. The van der Waals surface area contributed by atoms with Crippen molar-refractivity contribution >= 4 is 28.4 Å². The summed E-state index contributed by atoms with van der Waals surface area (Å²) < 4.78 is 0. The molecule has 0 aliphatic carbocycles. The Balaban J connectivity index is 1.97. The van der Waals surface area contributed by atoms with Gasteiger partial charge < -0.3 is 4.90 Å². The number of para-hydroxylation sites is 2. The van der Waals surface area contributed by atoms with Crippen LogP contribution in [0.4, 0.5) is 17.1 Å². The van der Waals surface area contributed by atoms with E-state index < -0.39 is 0 Å². The second kappa shape index (κ2) is 7.63. The predicted octanol–water partition coefficient (Wildman–Crippen LogP) is 6.15. The molecule has 0 amide bonds. The van der Waals surface area contributed by atoms with Gasteiger partial charge in [-0.1, -0.05) is 55.1 Å². The SMILES string of the molecule is C=C(CC(C)=O)c1ccc(N(c2ccccc2)c2ccccc2)cc1. The second-order valence-electron chi connectivity index (χ2n) is 6.04. The highest BCUT2D eigenvalue weighted by molar-refractivity contribution is 5.88. The van der Waals surface area contributed by atoms with Crippen LogP contribution in [0.15, 0.2) is 91.5 Å². The fraction of sp³-hybridized carbons (Fsp3) is 0.0870. The Morgan fingerprint density at radius 1 is 0.760 bits per heavy atom. The van der Waals surface area contributed by atoms with Crippen molar-refractivity contribution in [3.05, 3.63) is 97.1 Å². The lowest BCUT2D eigenvalue weighted by molar-refractivity contribution is -0.116. The lowest BCUT2D eigenvalue weighted by Gasteiger charge is -2.25. The highest BCUT2D eigenvalue weighted by Gasteiger charge is 2.12. The molecule has 0 atom stereocenters. The quantitative estimate of drug-likeness (QED) is 0.541. The van der Waals surface area contributed by atoms with E-state index in [9.17, 15) is 4.79 Å². The average molecular weight is 327 g/mol. The number of allylic oxidation sites excluding steroid dienone is 1. The minimum atomic E-state index is 0.129. The molecule has 3 rings (SSSR count). The summed E-state index contributed by atoms with van der Waals surface area (Å²) in [5.74, 6) is 0.129. The first-order chi connectivity index (χ1) is 12.1. The highest BCUT2D eigenvalue weighted by Crippen LogP contribution is 2.34. The van der Waals surface area contributed by atoms with Gasteiger partial charge in [0.1, 0.15) is 5.78 Å². The third-order valence-electron chi connectivity index (χ3n) is 4.02. The zero-order chi connectivity index (χ0) is 17.6. The summed E-state index contributed by atoms with van der Waals surface area (Å²) in [6.07, 6.45) is 0.389. The van der Waals surface area contributed by atoms with E-state index in [1.807, 2.05) is 48.5 Å². The summed E-state index contributed by atoms with van der Waals surface area (Å²) in [7, 11) is 0. The van der Waals surface area contributed by atoms with E-state index in [0.29, 0.717) is 6.42 Å².